The number of para-hydroxylation sites is 1. The van der Waals surface area contributed by atoms with Crippen LogP contribution in [0.2, 0.25) is 0 Å². The number of aromatic nitrogens is 2. The summed E-state index contributed by atoms with van der Waals surface area (Å²) in [6.07, 6.45) is 3.77. The lowest BCUT2D eigenvalue weighted by atomic mass is 10.1. The van der Waals surface area contributed by atoms with E-state index in [0.29, 0.717) is 16.7 Å². The van der Waals surface area contributed by atoms with Crippen LogP contribution in [0.3, 0.4) is 0 Å². The van der Waals surface area contributed by atoms with Crippen molar-refractivity contribution in [3.8, 4) is 17.2 Å². The van der Waals surface area contributed by atoms with Gasteiger partial charge in [0.05, 0.1) is 16.6 Å². The fourth-order valence-electron chi connectivity index (χ4n) is 3.39. The molecule has 1 aliphatic rings. The fourth-order valence-corrected chi connectivity index (χ4v) is 3.39. The average molecular weight is 382 g/mol. The molecule has 5 nitrogen and oxygen atoms in total. The van der Waals surface area contributed by atoms with Crippen LogP contribution in [-0.2, 0) is 0 Å². The van der Waals surface area contributed by atoms with Crippen LogP contribution in [0.25, 0.3) is 28.7 Å². The second-order valence-corrected chi connectivity index (χ2v) is 6.91. The third-order valence-corrected chi connectivity index (χ3v) is 4.92. The zero-order valence-electron chi connectivity index (χ0n) is 15.8. The van der Waals surface area contributed by atoms with E-state index in [0.717, 1.165) is 28.3 Å². The van der Waals surface area contributed by atoms with E-state index in [2.05, 4.69) is 0 Å². The normalized spacial score (nSPS) is 12.7. The van der Waals surface area contributed by atoms with E-state index in [1.54, 1.807) is 10.6 Å². The topological polar surface area (TPSA) is 53.4 Å². The molecule has 142 valence electrons. The van der Waals surface area contributed by atoms with Crippen molar-refractivity contribution in [3.63, 3.8) is 0 Å². The van der Waals surface area contributed by atoms with Crippen molar-refractivity contribution in [2.45, 2.75) is 6.92 Å². The predicted octanol–water partition coefficient (Wildman–Crippen LogP) is 4.59. The Kier molecular flexibility index (Phi) is 4.13. The molecule has 0 atom stereocenters. The first-order valence-electron chi connectivity index (χ1n) is 9.36. The minimum absolute atomic E-state index is 0.0928. The predicted molar refractivity (Wildman–Crippen MR) is 114 cm³/mol. The third kappa shape index (κ3) is 3.17. The van der Waals surface area contributed by atoms with Gasteiger partial charge in [0, 0.05) is 0 Å². The first-order valence-corrected chi connectivity index (χ1v) is 9.36. The van der Waals surface area contributed by atoms with E-state index in [-0.39, 0.29) is 12.4 Å². The van der Waals surface area contributed by atoms with Gasteiger partial charge in [-0.3, -0.25) is 9.36 Å². The largest absolute Gasteiger partial charge is 0.454 e. The van der Waals surface area contributed by atoms with Crippen molar-refractivity contribution in [1.82, 2.24) is 9.55 Å². The first-order chi connectivity index (χ1) is 14.2. The van der Waals surface area contributed by atoms with Gasteiger partial charge >= 0.3 is 0 Å². The molecule has 0 unspecified atom stereocenters. The number of hydrogen-bond donors (Lipinski definition) is 0. The SMILES string of the molecule is Cc1ccc(-n2c(C=Cc3ccc4c(c3)OCO4)nc3ccccc3c2=O)cc1. The first kappa shape index (κ1) is 17.3. The average Bonchev–Trinajstić information content (AvgIpc) is 3.21. The number of fused-ring (bicyclic) bond motifs is 2. The molecule has 0 N–H and O–H groups in total. The van der Waals surface area contributed by atoms with Gasteiger partial charge in [-0.25, -0.2) is 4.98 Å². The Balaban J connectivity index is 1.66. The lowest BCUT2D eigenvalue weighted by molar-refractivity contribution is 0.174. The maximum absolute atomic E-state index is 13.3. The van der Waals surface area contributed by atoms with E-state index in [4.69, 9.17) is 14.5 Å². The summed E-state index contributed by atoms with van der Waals surface area (Å²) in [4.78, 5) is 18.0. The number of rotatable bonds is 3. The maximum Gasteiger partial charge on any atom is 0.266 e. The fraction of sp³-hybridized carbons (Fsp3) is 0.0833. The molecule has 0 bridgehead atoms. The molecule has 0 saturated carbocycles. The molecule has 0 fully saturated rings. The van der Waals surface area contributed by atoms with Crippen LogP contribution in [0, 0.1) is 6.92 Å². The van der Waals surface area contributed by atoms with Gasteiger partial charge in [0.25, 0.3) is 5.56 Å². The molecular weight excluding hydrogens is 364 g/mol. The molecule has 0 spiro atoms. The van der Waals surface area contributed by atoms with Crippen LogP contribution >= 0.6 is 0 Å². The summed E-state index contributed by atoms with van der Waals surface area (Å²) in [5.74, 6) is 2.02. The minimum atomic E-state index is -0.0928. The Morgan fingerprint density at radius 1 is 0.931 bits per heavy atom. The molecule has 5 heteroatoms. The molecule has 5 rings (SSSR count). The van der Waals surface area contributed by atoms with Gasteiger partial charge < -0.3 is 9.47 Å². The third-order valence-electron chi connectivity index (χ3n) is 4.92. The number of nitrogens with zero attached hydrogens (tertiary/aromatic N) is 2. The molecular formula is C24H18N2O3. The van der Waals surface area contributed by atoms with Crippen LogP contribution in [0.5, 0.6) is 11.5 Å². The zero-order chi connectivity index (χ0) is 19.8. The lowest BCUT2D eigenvalue weighted by Gasteiger charge is -2.11. The standard InChI is InChI=1S/C24H18N2O3/c1-16-6-10-18(11-7-16)26-23(25-20-5-3-2-4-19(20)24(26)27)13-9-17-8-12-21-22(14-17)29-15-28-21/h2-14H,15H2,1H3. The Morgan fingerprint density at radius 3 is 2.59 bits per heavy atom. The molecule has 2 heterocycles. The van der Waals surface area contributed by atoms with E-state index < -0.39 is 0 Å². The second-order valence-electron chi connectivity index (χ2n) is 6.91. The molecule has 0 amide bonds. The lowest BCUT2D eigenvalue weighted by Crippen LogP contribution is -2.22. The molecule has 29 heavy (non-hydrogen) atoms. The van der Waals surface area contributed by atoms with Crippen molar-refractivity contribution >= 4 is 23.1 Å². The quantitative estimate of drug-likeness (QED) is 0.520. The van der Waals surface area contributed by atoms with Crippen LogP contribution in [0.1, 0.15) is 17.0 Å². The van der Waals surface area contributed by atoms with E-state index in [9.17, 15) is 4.79 Å². The van der Waals surface area contributed by atoms with Crippen LogP contribution < -0.4 is 15.0 Å². The number of hydrogen-bond acceptors (Lipinski definition) is 4. The summed E-state index contributed by atoms with van der Waals surface area (Å²) in [7, 11) is 0. The minimum Gasteiger partial charge on any atom is -0.454 e. The second kappa shape index (κ2) is 6.95. The van der Waals surface area contributed by atoms with Gasteiger partial charge in [-0.1, -0.05) is 42.0 Å². The Hall–Kier alpha value is -3.86. The summed E-state index contributed by atoms with van der Waals surface area (Å²) < 4.78 is 12.5. The van der Waals surface area contributed by atoms with Crippen molar-refractivity contribution in [2.75, 3.05) is 6.79 Å². The molecule has 0 saturated heterocycles. The van der Waals surface area contributed by atoms with Crippen molar-refractivity contribution < 1.29 is 9.47 Å². The maximum atomic E-state index is 13.3. The number of benzene rings is 3. The molecule has 0 aliphatic carbocycles. The summed E-state index contributed by atoms with van der Waals surface area (Å²) in [5.41, 5.74) is 3.43. The van der Waals surface area contributed by atoms with E-state index in [1.165, 1.54) is 0 Å². The Bertz CT molecular complexity index is 1300. The summed E-state index contributed by atoms with van der Waals surface area (Å²) in [6, 6.07) is 21.0. The van der Waals surface area contributed by atoms with E-state index >= 15 is 0 Å². The van der Waals surface area contributed by atoms with Crippen molar-refractivity contribution in [2.24, 2.45) is 0 Å². The molecule has 1 aliphatic heterocycles. The van der Waals surface area contributed by atoms with Crippen LogP contribution in [-0.4, -0.2) is 16.3 Å². The van der Waals surface area contributed by atoms with Gasteiger partial charge in [-0.05, 0) is 55.0 Å². The highest BCUT2D eigenvalue weighted by Gasteiger charge is 2.13. The smallest absolute Gasteiger partial charge is 0.266 e. The van der Waals surface area contributed by atoms with Gasteiger partial charge in [0.1, 0.15) is 5.82 Å². The van der Waals surface area contributed by atoms with Crippen LogP contribution in [0.4, 0.5) is 0 Å². The Morgan fingerprint density at radius 2 is 1.72 bits per heavy atom. The van der Waals surface area contributed by atoms with Crippen LogP contribution in [0.15, 0.2) is 71.5 Å². The molecule has 4 aromatic rings. The molecule has 3 aromatic carbocycles. The van der Waals surface area contributed by atoms with Gasteiger partial charge in [-0.15, -0.1) is 0 Å². The zero-order valence-corrected chi connectivity index (χ0v) is 15.8. The van der Waals surface area contributed by atoms with Crippen molar-refractivity contribution in [3.05, 3.63) is 94.0 Å². The highest BCUT2D eigenvalue weighted by molar-refractivity contribution is 5.80. The summed E-state index contributed by atoms with van der Waals surface area (Å²) >= 11 is 0. The van der Waals surface area contributed by atoms with E-state index in [1.807, 2.05) is 79.7 Å². The summed E-state index contributed by atoms with van der Waals surface area (Å²) in [5, 5.41) is 0.591. The van der Waals surface area contributed by atoms with Gasteiger partial charge in [0.2, 0.25) is 6.79 Å². The molecule has 0 radical (unpaired) electrons. The highest BCUT2D eigenvalue weighted by Crippen LogP contribution is 2.33. The summed E-state index contributed by atoms with van der Waals surface area (Å²) in [6.45, 7) is 2.26. The Labute approximate surface area is 167 Å². The monoisotopic (exact) mass is 382 g/mol. The highest BCUT2D eigenvalue weighted by atomic mass is 16.7. The van der Waals surface area contributed by atoms with Gasteiger partial charge in [0.15, 0.2) is 11.5 Å². The van der Waals surface area contributed by atoms with Crippen molar-refractivity contribution in [1.29, 1.82) is 0 Å². The van der Waals surface area contributed by atoms with Gasteiger partial charge in [-0.2, -0.15) is 0 Å². The molecule has 1 aromatic heterocycles. The number of aryl methyl sites for hydroxylation is 1. The number of ether oxygens (including phenoxy) is 2.